The molecule has 1 atom stereocenters. The number of hydrogen-bond acceptors (Lipinski definition) is 4. The largest absolute Gasteiger partial charge is 0.308 e. The molecule has 2 amide bonds. The monoisotopic (exact) mass is 415 g/mol. The van der Waals surface area contributed by atoms with Gasteiger partial charge in [-0.1, -0.05) is 6.07 Å². The van der Waals surface area contributed by atoms with Crippen molar-refractivity contribution in [1.29, 1.82) is 0 Å². The van der Waals surface area contributed by atoms with E-state index in [1.165, 1.54) is 0 Å². The van der Waals surface area contributed by atoms with E-state index in [0.29, 0.717) is 13.1 Å². The standard InChI is InChI=1S/C24H25N5O2/c1-16-13-28(24(31)19-3-4-19)23-11-20(5-6-22(23)29(16)17(2)30)21-12-26-27(15-21)14-18-7-9-25-10-8-18/h5-12,15-16,19H,3-4,13-14H2,1-2H3/t16-/m0/s1. The number of anilines is 2. The Morgan fingerprint density at radius 1 is 1.06 bits per heavy atom. The van der Waals surface area contributed by atoms with Crippen molar-refractivity contribution in [3.63, 3.8) is 0 Å². The zero-order valence-electron chi connectivity index (χ0n) is 17.7. The molecule has 0 saturated heterocycles. The molecule has 0 N–H and O–H groups in total. The smallest absolute Gasteiger partial charge is 0.230 e. The van der Waals surface area contributed by atoms with Gasteiger partial charge in [0.05, 0.1) is 30.2 Å². The zero-order chi connectivity index (χ0) is 21.5. The molecule has 3 heterocycles. The number of pyridine rings is 1. The van der Waals surface area contributed by atoms with Crippen molar-refractivity contribution in [3.8, 4) is 11.1 Å². The average molecular weight is 415 g/mol. The van der Waals surface area contributed by atoms with Crippen molar-refractivity contribution < 1.29 is 9.59 Å². The number of carbonyl (C=O) groups is 2. The second-order valence-electron chi connectivity index (χ2n) is 8.45. The molecule has 0 radical (unpaired) electrons. The summed E-state index contributed by atoms with van der Waals surface area (Å²) >= 11 is 0. The number of fused-ring (bicyclic) bond motifs is 1. The van der Waals surface area contributed by atoms with Crippen molar-refractivity contribution in [2.24, 2.45) is 5.92 Å². The zero-order valence-corrected chi connectivity index (χ0v) is 17.7. The number of benzene rings is 1. The minimum Gasteiger partial charge on any atom is -0.308 e. The molecule has 0 unspecified atom stereocenters. The summed E-state index contributed by atoms with van der Waals surface area (Å²) < 4.78 is 1.89. The molecule has 158 valence electrons. The highest BCUT2D eigenvalue weighted by molar-refractivity contribution is 6.06. The highest BCUT2D eigenvalue weighted by Crippen LogP contribution is 2.42. The fourth-order valence-corrected chi connectivity index (χ4v) is 4.32. The van der Waals surface area contributed by atoms with Gasteiger partial charge >= 0.3 is 0 Å². The van der Waals surface area contributed by atoms with Gasteiger partial charge in [-0.05, 0) is 55.2 Å². The molecule has 1 aliphatic carbocycles. The van der Waals surface area contributed by atoms with Crippen LogP contribution < -0.4 is 9.80 Å². The summed E-state index contributed by atoms with van der Waals surface area (Å²) in [5.74, 6) is 0.280. The van der Waals surface area contributed by atoms with Gasteiger partial charge < -0.3 is 9.80 Å². The highest BCUT2D eigenvalue weighted by atomic mass is 16.2. The fraction of sp³-hybridized carbons (Fsp3) is 0.333. The molecule has 0 bridgehead atoms. The van der Waals surface area contributed by atoms with Gasteiger partial charge in [-0.25, -0.2) is 0 Å². The van der Waals surface area contributed by atoms with Crippen LogP contribution in [0.2, 0.25) is 0 Å². The number of amides is 2. The van der Waals surface area contributed by atoms with E-state index in [-0.39, 0.29) is 23.8 Å². The summed E-state index contributed by atoms with van der Waals surface area (Å²) in [5.41, 5.74) is 4.69. The van der Waals surface area contributed by atoms with Crippen LogP contribution in [0.15, 0.2) is 55.1 Å². The summed E-state index contributed by atoms with van der Waals surface area (Å²) in [7, 11) is 0. The van der Waals surface area contributed by atoms with Crippen molar-refractivity contribution in [2.45, 2.75) is 39.3 Å². The minimum absolute atomic E-state index is 0.00908. The summed E-state index contributed by atoms with van der Waals surface area (Å²) in [6, 6.07) is 9.86. The van der Waals surface area contributed by atoms with Crippen LogP contribution >= 0.6 is 0 Å². The SMILES string of the molecule is CC(=O)N1c2ccc(-c3cnn(Cc4ccncc4)c3)cc2N(C(=O)C2CC2)C[C@@H]1C. The Kier molecular flexibility index (Phi) is 4.81. The Morgan fingerprint density at radius 3 is 2.55 bits per heavy atom. The maximum atomic E-state index is 13.0. The van der Waals surface area contributed by atoms with E-state index < -0.39 is 0 Å². The molecule has 7 heteroatoms. The van der Waals surface area contributed by atoms with Gasteiger partial charge in [0.1, 0.15) is 0 Å². The molecule has 1 saturated carbocycles. The number of aromatic nitrogens is 3. The van der Waals surface area contributed by atoms with E-state index in [1.807, 2.05) is 59.2 Å². The Balaban J connectivity index is 1.50. The van der Waals surface area contributed by atoms with Crippen LogP contribution in [0.25, 0.3) is 11.1 Å². The van der Waals surface area contributed by atoms with Gasteiger partial charge in [0.2, 0.25) is 11.8 Å². The topological polar surface area (TPSA) is 71.3 Å². The first-order valence-corrected chi connectivity index (χ1v) is 10.7. The molecule has 2 aliphatic rings. The maximum Gasteiger partial charge on any atom is 0.230 e. The van der Waals surface area contributed by atoms with E-state index in [4.69, 9.17) is 0 Å². The van der Waals surface area contributed by atoms with Crippen LogP contribution in [0, 0.1) is 5.92 Å². The summed E-state index contributed by atoms with van der Waals surface area (Å²) in [6.45, 7) is 4.76. The van der Waals surface area contributed by atoms with Crippen molar-refractivity contribution in [2.75, 3.05) is 16.3 Å². The molecule has 0 spiro atoms. The molecule has 2 aromatic heterocycles. The van der Waals surface area contributed by atoms with Crippen LogP contribution in [0.4, 0.5) is 11.4 Å². The average Bonchev–Trinajstić information content (AvgIpc) is 3.52. The van der Waals surface area contributed by atoms with Crippen LogP contribution in [0.3, 0.4) is 0 Å². The first-order chi connectivity index (χ1) is 15.0. The van der Waals surface area contributed by atoms with Crippen LogP contribution in [0.5, 0.6) is 0 Å². The molecule has 31 heavy (non-hydrogen) atoms. The fourth-order valence-electron chi connectivity index (χ4n) is 4.32. The highest BCUT2D eigenvalue weighted by Gasteiger charge is 2.39. The molecular formula is C24H25N5O2. The third-order valence-electron chi connectivity index (χ3n) is 6.01. The van der Waals surface area contributed by atoms with E-state index >= 15 is 0 Å². The Hall–Kier alpha value is -3.48. The molecule has 1 aliphatic heterocycles. The number of nitrogens with zero attached hydrogens (tertiary/aromatic N) is 5. The lowest BCUT2D eigenvalue weighted by molar-refractivity contribution is -0.120. The van der Waals surface area contributed by atoms with Crippen LogP contribution in [-0.4, -0.2) is 39.2 Å². The normalized spacial score (nSPS) is 18.1. The summed E-state index contributed by atoms with van der Waals surface area (Å²) in [4.78, 5) is 33.1. The molecule has 1 aromatic carbocycles. The third-order valence-corrected chi connectivity index (χ3v) is 6.01. The van der Waals surface area contributed by atoms with Crippen LogP contribution in [0.1, 0.15) is 32.3 Å². The molecule has 1 fully saturated rings. The number of hydrogen-bond donors (Lipinski definition) is 0. The Bertz CT molecular complexity index is 1140. The maximum absolute atomic E-state index is 13.0. The minimum atomic E-state index is -0.0540. The van der Waals surface area contributed by atoms with Gasteiger partial charge in [0, 0.05) is 43.5 Å². The van der Waals surface area contributed by atoms with Gasteiger partial charge in [0.15, 0.2) is 0 Å². The second-order valence-corrected chi connectivity index (χ2v) is 8.45. The lowest BCUT2D eigenvalue weighted by Gasteiger charge is -2.41. The lowest BCUT2D eigenvalue weighted by Crippen LogP contribution is -2.51. The van der Waals surface area contributed by atoms with E-state index in [0.717, 1.165) is 40.9 Å². The number of rotatable bonds is 4. The number of carbonyl (C=O) groups excluding carboxylic acids is 2. The molecular weight excluding hydrogens is 390 g/mol. The van der Waals surface area contributed by atoms with Gasteiger partial charge in [-0.2, -0.15) is 5.10 Å². The van der Waals surface area contributed by atoms with Crippen molar-refractivity contribution in [3.05, 3.63) is 60.7 Å². The summed E-state index contributed by atoms with van der Waals surface area (Å²) in [5, 5.41) is 4.50. The van der Waals surface area contributed by atoms with Gasteiger partial charge in [0.25, 0.3) is 0 Å². The molecule has 7 nitrogen and oxygen atoms in total. The molecule has 3 aromatic rings. The van der Waals surface area contributed by atoms with Gasteiger partial charge in [-0.3, -0.25) is 19.3 Å². The quantitative estimate of drug-likeness (QED) is 0.654. The Labute approximate surface area is 181 Å². The summed E-state index contributed by atoms with van der Waals surface area (Å²) in [6.07, 6.45) is 9.30. The first-order valence-electron chi connectivity index (χ1n) is 10.7. The van der Waals surface area contributed by atoms with E-state index in [1.54, 1.807) is 24.2 Å². The predicted octanol–water partition coefficient (Wildman–Crippen LogP) is 3.49. The van der Waals surface area contributed by atoms with E-state index in [9.17, 15) is 9.59 Å². The second kappa shape index (κ2) is 7.65. The predicted molar refractivity (Wildman–Crippen MR) is 119 cm³/mol. The Morgan fingerprint density at radius 2 is 1.84 bits per heavy atom. The first kappa shape index (κ1) is 19.5. The van der Waals surface area contributed by atoms with Gasteiger partial charge in [-0.15, -0.1) is 0 Å². The van der Waals surface area contributed by atoms with Crippen molar-refractivity contribution in [1.82, 2.24) is 14.8 Å². The third kappa shape index (κ3) is 3.71. The lowest BCUT2D eigenvalue weighted by atomic mass is 10.0. The van der Waals surface area contributed by atoms with E-state index in [2.05, 4.69) is 10.1 Å². The molecule has 5 rings (SSSR count). The van der Waals surface area contributed by atoms with Crippen molar-refractivity contribution >= 4 is 23.2 Å². The van der Waals surface area contributed by atoms with Crippen LogP contribution in [-0.2, 0) is 16.1 Å².